The second-order valence-corrected chi connectivity index (χ2v) is 10.6. The van der Waals surface area contributed by atoms with Crippen LogP contribution in [0, 0.1) is 5.92 Å². The first-order chi connectivity index (χ1) is 19.3. The topological polar surface area (TPSA) is 86.4 Å². The van der Waals surface area contributed by atoms with Crippen LogP contribution in [-0.2, 0) is 6.18 Å². The van der Waals surface area contributed by atoms with Gasteiger partial charge in [-0.1, -0.05) is 0 Å². The molecule has 210 valence electrons. The quantitative estimate of drug-likeness (QED) is 0.337. The number of nitrogens with zero attached hydrogens (tertiary/aromatic N) is 4. The summed E-state index contributed by atoms with van der Waals surface area (Å²) in [6.07, 6.45) is 4.59. The zero-order valence-corrected chi connectivity index (χ0v) is 22.0. The number of alkyl halides is 3. The summed E-state index contributed by atoms with van der Waals surface area (Å²) in [4.78, 5) is 29.4. The lowest BCUT2D eigenvalue weighted by molar-refractivity contribution is -0.137. The van der Waals surface area contributed by atoms with Crippen LogP contribution in [0.2, 0.25) is 0 Å². The number of halogens is 3. The number of nitrogens with one attached hydrogen (secondary N) is 2. The van der Waals surface area contributed by atoms with Crippen molar-refractivity contribution in [3.05, 3.63) is 60.6 Å². The van der Waals surface area contributed by atoms with E-state index in [2.05, 4.69) is 25.2 Å². The number of amides is 2. The number of aromatic nitrogens is 3. The van der Waals surface area contributed by atoms with Crippen molar-refractivity contribution in [2.45, 2.75) is 37.9 Å². The number of likely N-dealkylation sites (tertiary alicyclic amines) is 1. The predicted molar refractivity (Wildman–Crippen MR) is 146 cm³/mol. The number of pyridine rings is 2. The molecule has 1 atom stereocenters. The second kappa shape index (κ2) is 10.9. The molecule has 0 saturated carbocycles. The number of carbonyl (C=O) groups excluding carboxylic acids is 1. The molecule has 2 aliphatic rings. The fraction of sp³-hybridized carbons (Fsp3) is 0.414. The molecule has 8 nitrogen and oxygen atoms in total. The lowest BCUT2D eigenvalue weighted by Crippen LogP contribution is -2.52. The van der Waals surface area contributed by atoms with Crippen LogP contribution in [0.5, 0.6) is 5.75 Å². The van der Waals surface area contributed by atoms with Crippen LogP contribution in [-0.4, -0.2) is 64.7 Å². The number of carbonyl (C=O) groups is 1. The van der Waals surface area contributed by atoms with E-state index in [0.717, 1.165) is 78.5 Å². The van der Waals surface area contributed by atoms with Crippen LogP contribution >= 0.6 is 0 Å². The minimum absolute atomic E-state index is 0.0628. The first kappa shape index (κ1) is 26.2. The summed E-state index contributed by atoms with van der Waals surface area (Å²) in [5.74, 6) is 0.528. The maximum atomic E-state index is 13.1. The van der Waals surface area contributed by atoms with E-state index in [1.165, 1.54) is 12.1 Å². The highest BCUT2D eigenvalue weighted by atomic mass is 19.4. The number of anilines is 1. The molecule has 6 rings (SSSR count). The summed E-state index contributed by atoms with van der Waals surface area (Å²) in [5, 5.41) is 5.37. The lowest BCUT2D eigenvalue weighted by atomic mass is 9.99. The molecule has 0 aliphatic carbocycles. The van der Waals surface area contributed by atoms with E-state index >= 15 is 0 Å². The molecule has 1 unspecified atom stereocenters. The van der Waals surface area contributed by atoms with Gasteiger partial charge in [-0.15, -0.1) is 0 Å². The van der Waals surface area contributed by atoms with Crippen molar-refractivity contribution in [1.82, 2.24) is 25.2 Å². The number of H-pyrrole nitrogens is 1. The molecule has 0 radical (unpaired) electrons. The Morgan fingerprint density at radius 3 is 2.62 bits per heavy atom. The summed E-state index contributed by atoms with van der Waals surface area (Å²) < 4.78 is 44.1. The van der Waals surface area contributed by atoms with Crippen molar-refractivity contribution in [3.8, 4) is 5.75 Å². The van der Waals surface area contributed by atoms with Crippen molar-refractivity contribution in [2.75, 3.05) is 37.7 Å². The number of urea groups is 1. The Morgan fingerprint density at radius 2 is 1.85 bits per heavy atom. The van der Waals surface area contributed by atoms with Crippen LogP contribution in [0.25, 0.3) is 21.9 Å². The zero-order chi connectivity index (χ0) is 27.7. The number of rotatable bonds is 5. The monoisotopic (exact) mass is 552 g/mol. The van der Waals surface area contributed by atoms with Gasteiger partial charge in [-0.2, -0.15) is 13.2 Å². The number of benzene rings is 1. The maximum absolute atomic E-state index is 13.1. The summed E-state index contributed by atoms with van der Waals surface area (Å²) in [7, 11) is 0. The smallest absolute Gasteiger partial charge is 0.416 e. The molecule has 2 N–H and O–H groups in total. The van der Waals surface area contributed by atoms with E-state index in [1.807, 2.05) is 29.4 Å². The van der Waals surface area contributed by atoms with E-state index in [9.17, 15) is 18.0 Å². The molecule has 4 aromatic rings. The number of hydrogen-bond acceptors (Lipinski definition) is 5. The molecule has 2 fully saturated rings. The number of aromatic amines is 1. The summed E-state index contributed by atoms with van der Waals surface area (Å²) in [6, 6.07) is 8.84. The Kier molecular flexibility index (Phi) is 7.12. The Bertz CT molecular complexity index is 1480. The fourth-order valence-corrected chi connectivity index (χ4v) is 5.77. The molecule has 0 bridgehead atoms. The van der Waals surface area contributed by atoms with Gasteiger partial charge in [0.15, 0.2) is 0 Å². The number of fused-ring (bicyclic) bond motifs is 3. The van der Waals surface area contributed by atoms with Crippen LogP contribution < -0.4 is 15.0 Å². The number of ether oxygens (including phenoxy) is 1. The zero-order valence-electron chi connectivity index (χ0n) is 22.0. The third-order valence-corrected chi connectivity index (χ3v) is 7.91. The SMILES string of the molecule is O=C(NC1CCN(c2ccnc3cnc4[nH]ccc4c23)CC1)N1CCCC(COc2ccc(C(F)(F)F)cc2)C1. The highest BCUT2D eigenvalue weighted by molar-refractivity contribution is 6.09. The van der Waals surface area contributed by atoms with E-state index < -0.39 is 11.7 Å². The molecule has 2 aliphatic heterocycles. The van der Waals surface area contributed by atoms with Crippen LogP contribution in [0.3, 0.4) is 0 Å². The molecule has 2 saturated heterocycles. The van der Waals surface area contributed by atoms with Gasteiger partial charge in [0.1, 0.15) is 11.4 Å². The highest BCUT2D eigenvalue weighted by Gasteiger charge is 2.31. The third-order valence-electron chi connectivity index (χ3n) is 7.91. The van der Waals surface area contributed by atoms with Gasteiger partial charge in [0.25, 0.3) is 0 Å². The van der Waals surface area contributed by atoms with E-state index in [0.29, 0.717) is 25.4 Å². The van der Waals surface area contributed by atoms with Gasteiger partial charge in [-0.25, -0.2) is 9.78 Å². The van der Waals surface area contributed by atoms with Crippen molar-refractivity contribution in [2.24, 2.45) is 5.92 Å². The summed E-state index contributed by atoms with van der Waals surface area (Å²) in [6.45, 7) is 3.25. The van der Waals surface area contributed by atoms with E-state index in [4.69, 9.17) is 4.74 Å². The number of piperidine rings is 2. The molecule has 3 aromatic heterocycles. The summed E-state index contributed by atoms with van der Waals surface area (Å²) >= 11 is 0. The van der Waals surface area contributed by atoms with Gasteiger partial charge < -0.3 is 24.8 Å². The number of hydrogen-bond donors (Lipinski definition) is 2. The highest BCUT2D eigenvalue weighted by Crippen LogP contribution is 2.33. The lowest BCUT2D eigenvalue weighted by Gasteiger charge is -2.37. The van der Waals surface area contributed by atoms with Crippen molar-refractivity contribution >= 4 is 33.7 Å². The average Bonchev–Trinajstić information content (AvgIpc) is 3.46. The van der Waals surface area contributed by atoms with Gasteiger partial charge in [0.05, 0.1) is 23.9 Å². The molecule has 0 spiro atoms. The van der Waals surface area contributed by atoms with E-state index in [1.54, 1.807) is 6.20 Å². The largest absolute Gasteiger partial charge is 0.493 e. The standard InChI is InChI=1S/C29H31F3N6O2/c30-29(31,32)20-3-5-22(6-4-20)40-18-19-2-1-13-38(17-19)28(39)36-21-9-14-37(15-10-21)25-8-12-33-24-16-35-27-23(26(24)25)7-11-34-27/h3-8,11-12,16,19,21H,1-2,9-10,13-15,17-18H2,(H,34,35)(H,36,39). The normalized spacial score (nSPS) is 18.8. The Balaban J connectivity index is 1.01. The van der Waals surface area contributed by atoms with Crippen LogP contribution in [0.1, 0.15) is 31.2 Å². The van der Waals surface area contributed by atoms with Crippen LogP contribution in [0.15, 0.2) is 55.0 Å². The summed E-state index contributed by atoms with van der Waals surface area (Å²) in [5.41, 5.74) is 2.14. The van der Waals surface area contributed by atoms with Gasteiger partial charge in [0.2, 0.25) is 0 Å². The molecule has 1 aromatic carbocycles. The van der Waals surface area contributed by atoms with E-state index in [-0.39, 0.29) is 18.0 Å². The minimum Gasteiger partial charge on any atom is -0.493 e. The minimum atomic E-state index is -4.37. The van der Waals surface area contributed by atoms with Gasteiger partial charge in [0, 0.05) is 67.0 Å². The maximum Gasteiger partial charge on any atom is 0.416 e. The first-order valence-electron chi connectivity index (χ1n) is 13.7. The second-order valence-electron chi connectivity index (χ2n) is 10.6. The van der Waals surface area contributed by atoms with Crippen molar-refractivity contribution in [3.63, 3.8) is 0 Å². The molecular weight excluding hydrogens is 521 g/mol. The first-order valence-corrected chi connectivity index (χ1v) is 13.7. The Labute approximate surface area is 229 Å². The van der Waals surface area contributed by atoms with Crippen molar-refractivity contribution in [1.29, 1.82) is 0 Å². The average molecular weight is 553 g/mol. The van der Waals surface area contributed by atoms with Gasteiger partial charge >= 0.3 is 12.2 Å². The predicted octanol–water partition coefficient (Wildman–Crippen LogP) is 5.60. The Morgan fingerprint density at radius 1 is 1.05 bits per heavy atom. The molecular formula is C29H31F3N6O2. The fourth-order valence-electron chi connectivity index (χ4n) is 5.77. The molecule has 40 heavy (non-hydrogen) atoms. The Hall–Kier alpha value is -4.02. The molecule has 2 amide bonds. The van der Waals surface area contributed by atoms with Gasteiger partial charge in [-0.3, -0.25) is 4.98 Å². The van der Waals surface area contributed by atoms with Crippen molar-refractivity contribution < 1.29 is 22.7 Å². The molecule has 11 heteroatoms. The molecule has 5 heterocycles. The third kappa shape index (κ3) is 5.50. The van der Waals surface area contributed by atoms with Gasteiger partial charge in [-0.05, 0) is 62.1 Å². The van der Waals surface area contributed by atoms with Crippen LogP contribution in [0.4, 0.5) is 23.7 Å².